The first-order valence-electron chi connectivity index (χ1n) is 11.7. The van der Waals surface area contributed by atoms with Gasteiger partial charge in [-0.15, -0.1) is 0 Å². The lowest BCUT2D eigenvalue weighted by atomic mass is 9.77. The Morgan fingerprint density at radius 3 is 2.35 bits per heavy atom. The van der Waals surface area contributed by atoms with Crippen molar-refractivity contribution in [2.24, 2.45) is 11.8 Å². The molecule has 4 rings (SSSR count). The number of carbonyl (C=O) groups is 3. The molecule has 0 aliphatic carbocycles. The summed E-state index contributed by atoms with van der Waals surface area (Å²) >= 11 is 0. The largest absolute Gasteiger partial charge is 0.494 e. The molecule has 34 heavy (non-hydrogen) atoms. The van der Waals surface area contributed by atoms with Crippen LogP contribution in [0.15, 0.2) is 48.5 Å². The standard InChI is InChI=1S/C26H29FN2O5/c1-4-15-26(25(32)34-6-3)21-20(22(28-26)18-9-7-8-10-19(18)27)23(30)29(24(21)31)16-11-13-17(14-12-16)33-5-2/h7-14,20-22,28H,4-6,15H2,1-3H3/t20-,21-,22-,26-/m0/s1. The average Bonchev–Trinajstić information content (AvgIpc) is 3.30. The summed E-state index contributed by atoms with van der Waals surface area (Å²) in [5, 5.41) is 3.20. The Kier molecular flexibility index (Phi) is 6.70. The molecule has 8 heteroatoms. The minimum atomic E-state index is -1.44. The zero-order valence-electron chi connectivity index (χ0n) is 19.5. The summed E-state index contributed by atoms with van der Waals surface area (Å²) in [7, 11) is 0. The first kappa shape index (κ1) is 23.9. The van der Waals surface area contributed by atoms with Crippen molar-refractivity contribution in [2.45, 2.75) is 45.2 Å². The number of hydrogen-bond acceptors (Lipinski definition) is 6. The molecule has 2 heterocycles. The Bertz CT molecular complexity index is 1090. The second-order valence-corrected chi connectivity index (χ2v) is 8.53. The minimum Gasteiger partial charge on any atom is -0.494 e. The number of hydrogen-bond donors (Lipinski definition) is 1. The van der Waals surface area contributed by atoms with Gasteiger partial charge < -0.3 is 9.47 Å². The van der Waals surface area contributed by atoms with Crippen LogP contribution in [0, 0.1) is 17.7 Å². The van der Waals surface area contributed by atoms with E-state index in [2.05, 4.69) is 5.32 Å². The first-order chi connectivity index (χ1) is 16.4. The maximum absolute atomic E-state index is 14.9. The second kappa shape index (κ2) is 9.54. The summed E-state index contributed by atoms with van der Waals surface area (Å²) in [6, 6.07) is 11.9. The van der Waals surface area contributed by atoms with Crippen molar-refractivity contribution in [3.63, 3.8) is 0 Å². The van der Waals surface area contributed by atoms with Crippen molar-refractivity contribution in [3.8, 4) is 5.75 Å². The molecule has 4 atom stereocenters. The molecule has 0 radical (unpaired) electrons. The van der Waals surface area contributed by atoms with Crippen LogP contribution in [0.25, 0.3) is 0 Å². The number of rotatable bonds is 8. The summed E-state index contributed by atoms with van der Waals surface area (Å²) in [6.07, 6.45) is 0.831. The fraction of sp³-hybridized carbons (Fsp3) is 0.423. The van der Waals surface area contributed by atoms with E-state index in [1.54, 1.807) is 49.4 Å². The molecule has 2 aromatic rings. The summed E-state index contributed by atoms with van der Waals surface area (Å²) in [6.45, 7) is 6.05. The molecule has 0 spiro atoms. The molecule has 2 aliphatic rings. The summed E-state index contributed by atoms with van der Waals surface area (Å²) < 4.78 is 25.7. The molecule has 0 aromatic heterocycles. The topological polar surface area (TPSA) is 84.9 Å². The van der Waals surface area contributed by atoms with Crippen molar-refractivity contribution in [1.29, 1.82) is 0 Å². The Balaban J connectivity index is 1.83. The van der Waals surface area contributed by atoms with Crippen molar-refractivity contribution in [2.75, 3.05) is 18.1 Å². The Morgan fingerprint density at radius 1 is 1.03 bits per heavy atom. The molecule has 2 saturated heterocycles. The van der Waals surface area contributed by atoms with E-state index in [0.717, 1.165) is 4.90 Å². The van der Waals surface area contributed by atoms with Gasteiger partial charge in [0.05, 0.1) is 30.7 Å². The highest BCUT2D eigenvalue weighted by molar-refractivity contribution is 6.24. The van der Waals surface area contributed by atoms with Crippen molar-refractivity contribution < 1.29 is 28.2 Å². The maximum atomic E-state index is 14.9. The molecule has 7 nitrogen and oxygen atoms in total. The number of carbonyl (C=O) groups excluding carboxylic acids is 3. The third kappa shape index (κ3) is 3.76. The number of fused-ring (bicyclic) bond motifs is 1. The van der Waals surface area contributed by atoms with Gasteiger partial charge in [0.1, 0.15) is 17.1 Å². The van der Waals surface area contributed by atoms with Crippen molar-refractivity contribution in [3.05, 3.63) is 59.9 Å². The number of halogens is 1. The average molecular weight is 469 g/mol. The van der Waals surface area contributed by atoms with Crippen molar-refractivity contribution in [1.82, 2.24) is 5.32 Å². The Morgan fingerprint density at radius 2 is 1.74 bits per heavy atom. The number of benzene rings is 2. The highest BCUT2D eigenvalue weighted by atomic mass is 19.1. The van der Waals surface area contributed by atoms with E-state index in [0.29, 0.717) is 24.5 Å². The number of esters is 1. The molecule has 2 aromatic carbocycles. The van der Waals surface area contributed by atoms with E-state index in [4.69, 9.17) is 9.47 Å². The normalized spacial score (nSPS) is 26.0. The molecular formula is C26H29FN2O5. The quantitative estimate of drug-likeness (QED) is 0.469. The van der Waals surface area contributed by atoms with Gasteiger partial charge in [-0.3, -0.25) is 19.7 Å². The molecule has 2 amide bonds. The van der Waals surface area contributed by atoms with Crippen LogP contribution in [-0.2, 0) is 19.1 Å². The minimum absolute atomic E-state index is 0.123. The van der Waals surface area contributed by atoms with Crippen LogP contribution in [0.4, 0.5) is 10.1 Å². The molecule has 1 N–H and O–H groups in total. The van der Waals surface area contributed by atoms with Crippen LogP contribution in [0.1, 0.15) is 45.2 Å². The molecule has 180 valence electrons. The molecule has 0 unspecified atom stereocenters. The second-order valence-electron chi connectivity index (χ2n) is 8.53. The van der Waals surface area contributed by atoms with Crippen LogP contribution in [-0.4, -0.2) is 36.5 Å². The van der Waals surface area contributed by atoms with Crippen LogP contribution in [0.2, 0.25) is 0 Å². The Hall–Kier alpha value is -3.26. The molecule has 2 aliphatic heterocycles. The molecule has 0 saturated carbocycles. The third-order valence-corrected chi connectivity index (χ3v) is 6.58. The maximum Gasteiger partial charge on any atom is 0.327 e. The van der Waals surface area contributed by atoms with Gasteiger partial charge in [0, 0.05) is 11.6 Å². The Labute approximate surface area is 198 Å². The van der Waals surface area contributed by atoms with Crippen LogP contribution in [0.3, 0.4) is 0 Å². The summed E-state index contributed by atoms with van der Waals surface area (Å²) in [4.78, 5) is 41.9. The van der Waals surface area contributed by atoms with Gasteiger partial charge in [-0.25, -0.2) is 9.29 Å². The molecule has 2 fully saturated rings. The fourth-order valence-electron chi connectivity index (χ4n) is 5.28. The number of anilines is 1. The van der Waals surface area contributed by atoms with Gasteiger partial charge >= 0.3 is 5.97 Å². The van der Waals surface area contributed by atoms with E-state index >= 15 is 0 Å². The highest BCUT2D eigenvalue weighted by Crippen LogP contribution is 2.52. The third-order valence-electron chi connectivity index (χ3n) is 6.58. The van der Waals surface area contributed by atoms with E-state index in [-0.39, 0.29) is 18.6 Å². The number of nitrogens with zero attached hydrogens (tertiary/aromatic N) is 1. The first-order valence-corrected chi connectivity index (χ1v) is 11.7. The number of nitrogens with one attached hydrogen (secondary N) is 1. The van der Waals surface area contributed by atoms with Gasteiger partial charge in [0.15, 0.2) is 0 Å². The molecule has 0 bridgehead atoms. The predicted octanol–water partition coefficient (Wildman–Crippen LogP) is 3.78. The van der Waals surface area contributed by atoms with Gasteiger partial charge in [-0.05, 0) is 50.6 Å². The van der Waals surface area contributed by atoms with E-state index < -0.39 is 47.0 Å². The SMILES string of the molecule is CCC[C@]1(C(=O)OCC)N[C@@H](c2ccccc2F)[C@H]2C(=O)N(c3ccc(OCC)cc3)C(=O)[C@H]21. The van der Waals surface area contributed by atoms with Crippen LogP contribution in [0.5, 0.6) is 5.75 Å². The van der Waals surface area contributed by atoms with Gasteiger partial charge in [-0.2, -0.15) is 0 Å². The van der Waals surface area contributed by atoms with Gasteiger partial charge in [-0.1, -0.05) is 31.5 Å². The zero-order valence-corrected chi connectivity index (χ0v) is 19.5. The number of amides is 2. The lowest BCUT2D eigenvalue weighted by Crippen LogP contribution is -2.56. The number of ether oxygens (including phenoxy) is 2. The van der Waals surface area contributed by atoms with Crippen LogP contribution < -0.4 is 15.0 Å². The van der Waals surface area contributed by atoms with Gasteiger partial charge in [0.2, 0.25) is 11.8 Å². The smallest absolute Gasteiger partial charge is 0.327 e. The fourth-order valence-corrected chi connectivity index (χ4v) is 5.28. The lowest BCUT2D eigenvalue weighted by molar-refractivity contribution is -0.155. The summed E-state index contributed by atoms with van der Waals surface area (Å²) in [5.74, 6) is -3.42. The monoisotopic (exact) mass is 468 g/mol. The van der Waals surface area contributed by atoms with Gasteiger partial charge in [0.25, 0.3) is 0 Å². The van der Waals surface area contributed by atoms with E-state index in [9.17, 15) is 18.8 Å². The molecular weight excluding hydrogens is 439 g/mol. The zero-order chi connectivity index (χ0) is 24.5. The van der Waals surface area contributed by atoms with E-state index in [1.165, 1.54) is 6.07 Å². The number of imide groups is 1. The highest BCUT2D eigenvalue weighted by Gasteiger charge is 2.68. The predicted molar refractivity (Wildman–Crippen MR) is 124 cm³/mol. The van der Waals surface area contributed by atoms with E-state index in [1.807, 2.05) is 13.8 Å². The lowest BCUT2D eigenvalue weighted by Gasteiger charge is -2.32. The van der Waals surface area contributed by atoms with Crippen molar-refractivity contribution >= 4 is 23.5 Å². The summed E-state index contributed by atoms with van der Waals surface area (Å²) in [5.41, 5.74) is -0.807. The van der Waals surface area contributed by atoms with Crippen LogP contribution >= 0.6 is 0 Å².